The van der Waals surface area contributed by atoms with Gasteiger partial charge in [0.15, 0.2) is 11.5 Å². The first-order valence-electron chi connectivity index (χ1n) is 7.99. The lowest BCUT2D eigenvalue weighted by Crippen LogP contribution is -2.30. The van der Waals surface area contributed by atoms with Gasteiger partial charge in [0.1, 0.15) is 13.2 Å². The number of esters is 1. The summed E-state index contributed by atoms with van der Waals surface area (Å²) >= 11 is 0. The number of fused-ring (bicyclic) bond motifs is 1. The fraction of sp³-hybridized carbons (Fsp3) is 0.263. The van der Waals surface area contributed by atoms with E-state index in [0.717, 1.165) is 5.56 Å². The normalized spacial score (nSPS) is 13.6. The van der Waals surface area contributed by atoms with E-state index in [2.05, 4.69) is 5.32 Å². The van der Waals surface area contributed by atoms with E-state index in [1.165, 1.54) is 7.11 Å². The van der Waals surface area contributed by atoms with Crippen LogP contribution in [0.15, 0.2) is 48.5 Å². The molecule has 0 aromatic heterocycles. The highest BCUT2D eigenvalue weighted by Crippen LogP contribution is 2.31. The van der Waals surface area contributed by atoms with Gasteiger partial charge in [-0.25, -0.2) is 0 Å². The Bertz CT molecular complexity index is 760. The molecule has 1 atom stereocenters. The minimum Gasteiger partial charge on any atom is -0.486 e. The predicted molar refractivity (Wildman–Crippen MR) is 90.7 cm³/mol. The Hall–Kier alpha value is -3.02. The average molecular weight is 341 g/mol. The first-order valence-corrected chi connectivity index (χ1v) is 7.99. The van der Waals surface area contributed by atoms with Crippen molar-refractivity contribution < 1.29 is 23.8 Å². The summed E-state index contributed by atoms with van der Waals surface area (Å²) in [4.78, 5) is 24.3. The van der Waals surface area contributed by atoms with Crippen LogP contribution in [0.2, 0.25) is 0 Å². The molecule has 25 heavy (non-hydrogen) atoms. The maximum absolute atomic E-state index is 12.6. The zero-order chi connectivity index (χ0) is 17.6. The van der Waals surface area contributed by atoms with E-state index in [1.54, 1.807) is 18.2 Å². The first kappa shape index (κ1) is 16.8. The maximum atomic E-state index is 12.6. The van der Waals surface area contributed by atoms with Gasteiger partial charge in [-0.2, -0.15) is 0 Å². The van der Waals surface area contributed by atoms with Crippen LogP contribution >= 0.6 is 0 Å². The zero-order valence-electron chi connectivity index (χ0n) is 13.9. The van der Waals surface area contributed by atoms with Gasteiger partial charge < -0.3 is 19.5 Å². The second-order valence-corrected chi connectivity index (χ2v) is 5.58. The fourth-order valence-electron chi connectivity index (χ4n) is 2.61. The lowest BCUT2D eigenvalue weighted by atomic mass is 10.0. The van der Waals surface area contributed by atoms with Gasteiger partial charge >= 0.3 is 5.97 Å². The molecule has 1 heterocycles. The number of carbonyl (C=O) groups excluding carboxylic acids is 2. The zero-order valence-corrected chi connectivity index (χ0v) is 13.9. The summed E-state index contributed by atoms with van der Waals surface area (Å²) in [6.45, 7) is 0.945. The van der Waals surface area contributed by atoms with Crippen LogP contribution in [0.25, 0.3) is 0 Å². The summed E-state index contributed by atoms with van der Waals surface area (Å²) in [6, 6.07) is 13.9. The van der Waals surface area contributed by atoms with Gasteiger partial charge in [-0.3, -0.25) is 9.59 Å². The molecule has 0 aliphatic carbocycles. The van der Waals surface area contributed by atoms with Crippen molar-refractivity contribution in [2.75, 3.05) is 20.3 Å². The number of ether oxygens (including phenoxy) is 3. The van der Waals surface area contributed by atoms with Crippen molar-refractivity contribution in [3.05, 3.63) is 59.7 Å². The molecule has 2 aromatic rings. The van der Waals surface area contributed by atoms with Crippen molar-refractivity contribution >= 4 is 11.9 Å². The van der Waals surface area contributed by atoms with Crippen LogP contribution in [-0.4, -0.2) is 32.2 Å². The van der Waals surface area contributed by atoms with Crippen molar-refractivity contribution in [3.63, 3.8) is 0 Å². The van der Waals surface area contributed by atoms with Crippen molar-refractivity contribution in [1.29, 1.82) is 0 Å². The molecule has 6 nitrogen and oxygen atoms in total. The molecular formula is C19H19NO5. The monoisotopic (exact) mass is 341 g/mol. The molecule has 1 aliphatic rings. The van der Waals surface area contributed by atoms with E-state index in [1.807, 2.05) is 30.3 Å². The van der Waals surface area contributed by atoms with Crippen LogP contribution in [0, 0.1) is 0 Å². The van der Waals surface area contributed by atoms with Gasteiger partial charge in [0.05, 0.1) is 19.6 Å². The van der Waals surface area contributed by atoms with Crippen molar-refractivity contribution in [2.45, 2.75) is 12.5 Å². The van der Waals surface area contributed by atoms with Gasteiger partial charge in [0.2, 0.25) is 0 Å². The molecule has 130 valence electrons. The molecular weight excluding hydrogens is 322 g/mol. The average Bonchev–Trinajstić information content (AvgIpc) is 2.67. The molecule has 3 rings (SSSR count). The summed E-state index contributed by atoms with van der Waals surface area (Å²) in [5.74, 6) is 0.478. The Balaban J connectivity index is 1.79. The molecule has 0 saturated carbocycles. The summed E-state index contributed by atoms with van der Waals surface area (Å²) in [6.07, 6.45) is 0.0524. The van der Waals surface area contributed by atoms with Crippen molar-refractivity contribution in [3.8, 4) is 11.5 Å². The second-order valence-electron chi connectivity index (χ2n) is 5.58. The van der Waals surface area contributed by atoms with E-state index in [0.29, 0.717) is 30.3 Å². The number of methoxy groups -OCH3 is 1. The van der Waals surface area contributed by atoms with Crippen LogP contribution in [0.5, 0.6) is 11.5 Å². The highest BCUT2D eigenvalue weighted by molar-refractivity contribution is 5.95. The molecule has 0 saturated heterocycles. The molecule has 1 N–H and O–H groups in total. The molecule has 6 heteroatoms. The van der Waals surface area contributed by atoms with Gasteiger partial charge in [-0.15, -0.1) is 0 Å². The molecule has 0 unspecified atom stereocenters. The highest BCUT2D eigenvalue weighted by atomic mass is 16.6. The van der Waals surface area contributed by atoms with E-state index < -0.39 is 12.0 Å². The van der Waals surface area contributed by atoms with Crippen LogP contribution in [0.1, 0.15) is 28.4 Å². The highest BCUT2D eigenvalue weighted by Gasteiger charge is 2.21. The van der Waals surface area contributed by atoms with E-state index in [-0.39, 0.29) is 12.3 Å². The Morgan fingerprint density at radius 3 is 2.52 bits per heavy atom. The topological polar surface area (TPSA) is 73.9 Å². The SMILES string of the molecule is COC(=O)C[C@H](NC(=O)c1ccc2c(c1)OCCO2)c1ccccc1. The summed E-state index contributed by atoms with van der Waals surface area (Å²) in [5.41, 5.74) is 1.27. The predicted octanol–water partition coefficient (Wildman–Crippen LogP) is 2.49. The van der Waals surface area contributed by atoms with Crippen LogP contribution in [0.4, 0.5) is 0 Å². The lowest BCUT2D eigenvalue weighted by Gasteiger charge is -2.20. The Labute approximate surface area is 145 Å². The number of carbonyl (C=O) groups is 2. The number of amides is 1. The first-order chi connectivity index (χ1) is 12.2. The van der Waals surface area contributed by atoms with Crippen LogP contribution < -0.4 is 14.8 Å². The number of benzene rings is 2. The Morgan fingerprint density at radius 2 is 1.80 bits per heavy atom. The lowest BCUT2D eigenvalue weighted by molar-refractivity contribution is -0.141. The Morgan fingerprint density at radius 1 is 1.08 bits per heavy atom. The largest absolute Gasteiger partial charge is 0.486 e. The molecule has 0 radical (unpaired) electrons. The van der Waals surface area contributed by atoms with Crippen molar-refractivity contribution in [1.82, 2.24) is 5.32 Å². The van der Waals surface area contributed by atoms with E-state index >= 15 is 0 Å². The van der Waals surface area contributed by atoms with E-state index in [9.17, 15) is 9.59 Å². The number of rotatable bonds is 5. The third-order valence-corrected chi connectivity index (χ3v) is 3.91. The van der Waals surface area contributed by atoms with Gasteiger partial charge in [0.25, 0.3) is 5.91 Å². The maximum Gasteiger partial charge on any atom is 0.307 e. The van der Waals surface area contributed by atoms with Gasteiger partial charge in [0, 0.05) is 5.56 Å². The van der Waals surface area contributed by atoms with Gasteiger partial charge in [-0.1, -0.05) is 30.3 Å². The van der Waals surface area contributed by atoms with Gasteiger partial charge in [-0.05, 0) is 23.8 Å². The minimum atomic E-state index is -0.477. The number of hydrogen-bond donors (Lipinski definition) is 1. The Kier molecular flexibility index (Phi) is 5.18. The molecule has 0 bridgehead atoms. The van der Waals surface area contributed by atoms with Crippen LogP contribution in [-0.2, 0) is 9.53 Å². The van der Waals surface area contributed by atoms with Crippen LogP contribution in [0.3, 0.4) is 0 Å². The summed E-state index contributed by atoms with van der Waals surface area (Å²) < 4.78 is 15.7. The third-order valence-electron chi connectivity index (χ3n) is 3.91. The second kappa shape index (κ2) is 7.70. The number of nitrogens with one attached hydrogen (secondary N) is 1. The minimum absolute atomic E-state index is 0.0524. The quantitative estimate of drug-likeness (QED) is 0.846. The third kappa shape index (κ3) is 4.09. The number of hydrogen-bond acceptors (Lipinski definition) is 5. The van der Waals surface area contributed by atoms with Crippen molar-refractivity contribution in [2.24, 2.45) is 0 Å². The van der Waals surface area contributed by atoms with E-state index in [4.69, 9.17) is 14.2 Å². The molecule has 0 spiro atoms. The molecule has 1 aliphatic heterocycles. The molecule has 0 fully saturated rings. The summed E-state index contributed by atoms with van der Waals surface area (Å²) in [7, 11) is 1.33. The summed E-state index contributed by atoms with van der Waals surface area (Å²) in [5, 5.41) is 2.89. The fourth-order valence-corrected chi connectivity index (χ4v) is 2.61. The smallest absolute Gasteiger partial charge is 0.307 e. The standard InChI is InChI=1S/C19H19NO5/c1-23-18(21)12-15(13-5-3-2-4-6-13)20-19(22)14-7-8-16-17(11-14)25-10-9-24-16/h2-8,11,15H,9-10,12H2,1H3,(H,20,22)/t15-/m0/s1. The molecule has 2 aromatic carbocycles. The molecule has 1 amide bonds.